The quantitative estimate of drug-likeness (QED) is 0.816. The van der Waals surface area contributed by atoms with Crippen molar-refractivity contribution in [1.82, 2.24) is 5.32 Å². The van der Waals surface area contributed by atoms with Crippen molar-refractivity contribution in [1.29, 1.82) is 0 Å². The van der Waals surface area contributed by atoms with Crippen molar-refractivity contribution in [3.63, 3.8) is 0 Å². The van der Waals surface area contributed by atoms with E-state index >= 15 is 0 Å². The molecule has 88 valence electrons. The molecular weight excluding hydrogens is 205 g/mol. The average Bonchev–Trinajstić information content (AvgIpc) is 2.67. The highest BCUT2D eigenvalue weighted by molar-refractivity contribution is 5.17. The summed E-state index contributed by atoms with van der Waals surface area (Å²) in [6.07, 6.45) is 3.45. The van der Waals surface area contributed by atoms with Gasteiger partial charge in [-0.15, -0.1) is 0 Å². The zero-order valence-corrected chi connectivity index (χ0v) is 9.32. The first-order valence-electron chi connectivity index (χ1n) is 5.92. The topological polar surface area (TPSA) is 32.3 Å². The predicted molar refractivity (Wildman–Crippen MR) is 61.8 cm³/mol. The molecule has 1 aromatic rings. The fraction of sp³-hybridized carbons (Fsp3) is 0.538. The van der Waals surface area contributed by atoms with Crippen molar-refractivity contribution in [3.8, 4) is 0 Å². The molecule has 1 aromatic carbocycles. The Morgan fingerprint density at radius 1 is 1.31 bits per heavy atom. The minimum absolute atomic E-state index is 0.142. The molecule has 16 heavy (non-hydrogen) atoms. The summed E-state index contributed by atoms with van der Waals surface area (Å²) in [5.74, 6) is -0.142. The van der Waals surface area contributed by atoms with Gasteiger partial charge in [-0.2, -0.15) is 0 Å². The van der Waals surface area contributed by atoms with Crippen molar-refractivity contribution in [2.45, 2.75) is 37.8 Å². The minimum Gasteiger partial charge on any atom is -0.392 e. The number of rotatable bonds is 4. The molecule has 3 heteroatoms. The maximum atomic E-state index is 13.3. The average molecular weight is 223 g/mol. The first-order chi connectivity index (χ1) is 7.77. The van der Waals surface area contributed by atoms with Crippen LogP contribution in [0.2, 0.25) is 0 Å². The zero-order valence-electron chi connectivity index (χ0n) is 9.32. The largest absolute Gasteiger partial charge is 0.392 e. The van der Waals surface area contributed by atoms with Crippen LogP contribution in [0.3, 0.4) is 0 Å². The highest BCUT2D eigenvalue weighted by Crippen LogP contribution is 2.18. The molecular formula is C13H18FNO. The lowest BCUT2D eigenvalue weighted by molar-refractivity contribution is 0.149. The van der Waals surface area contributed by atoms with Gasteiger partial charge in [0.2, 0.25) is 0 Å². The van der Waals surface area contributed by atoms with Gasteiger partial charge in [-0.1, -0.05) is 18.2 Å². The molecule has 1 aliphatic rings. The minimum atomic E-state index is -0.222. The van der Waals surface area contributed by atoms with E-state index in [4.69, 9.17) is 0 Å². The van der Waals surface area contributed by atoms with Crippen molar-refractivity contribution in [2.24, 2.45) is 0 Å². The van der Waals surface area contributed by atoms with E-state index in [-0.39, 0.29) is 18.0 Å². The summed E-state index contributed by atoms with van der Waals surface area (Å²) in [6.45, 7) is 0.725. The maximum absolute atomic E-state index is 13.3. The van der Waals surface area contributed by atoms with Crippen molar-refractivity contribution >= 4 is 0 Å². The normalized spacial score (nSPS) is 24.9. The number of aliphatic hydroxyl groups is 1. The smallest absolute Gasteiger partial charge is 0.126 e. The third kappa shape index (κ3) is 2.80. The highest BCUT2D eigenvalue weighted by atomic mass is 19.1. The Morgan fingerprint density at radius 2 is 2.12 bits per heavy atom. The summed E-state index contributed by atoms with van der Waals surface area (Å²) in [5.41, 5.74) is 0.738. The van der Waals surface area contributed by atoms with Gasteiger partial charge in [-0.25, -0.2) is 4.39 Å². The van der Waals surface area contributed by atoms with Crippen LogP contribution in [0.4, 0.5) is 4.39 Å². The van der Waals surface area contributed by atoms with E-state index in [0.29, 0.717) is 6.42 Å². The van der Waals surface area contributed by atoms with Crippen LogP contribution in [0, 0.1) is 5.82 Å². The summed E-state index contributed by atoms with van der Waals surface area (Å²) in [5, 5.41) is 12.9. The molecule has 0 saturated heterocycles. The molecule has 2 rings (SSSR count). The first kappa shape index (κ1) is 11.6. The Morgan fingerprint density at radius 3 is 2.81 bits per heavy atom. The van der Waals surface area contributed by atoms with Crippen LogP contribution in [-0.4, -0.2) is 23.8 Å². The highest BCUT2D eigenvalue weighted by Gasteiger charge is 2.24. The third-order valence-corrected chi connectivity index (χ3v) is 3.24. The molecule has 1 aliphatic carbocycles. The molecule has 2 N–H and O–H groups in total. The molecule has 0 amide bonds. The molecule has 0 bridgehead atoms. The number of hydrogen-bond acceptors (Lipinski definition) is 2. The summed E-state index contributed by atoms with van der Waals surface area (Å²) in [4.78, 5) is 0. The lowest BCUT2D eigenvalue weighted by atomic mass is 10.1. The van der Waals surface area contributed by atoms with Crippen LogP contribution in [0.1, 0.15) is 24.8 Å². The second-order valence-corrected chi connectivity index (χ2v) is 4.40. The van der Waals surface area contributed by atoms with Gasteiger partial charge in [0.25, 0.3) is 0 Å². The molecule has 1 fully saturated rings. The van der Waals surface area contributed by atoms with Crippen LogP contribution in [-0.2, 0) is 6.42 Å². The van der Waals surface area contributed by atoms with Crippen molar-refractivity contribution in [3.05, 3.63) is 35.6 Å². The Kier molecular flexibility index (Phi) is 3.91. The van der Waals surface area contributed by atoms with Crippen LogP contribution in [0.15, 0.2) is 24.3 Å². The number of benzene rings is 1. The maximum Gasteiger partial charge on any atom is 0.126 e. The molecule has 0 aromatic heterocycles. The molecule has 2 nitrogen and oxygen atoms in total. The van der Waals surface area contributed by atoms with E-state index in [1.54, 1.807) is 6.07 Å². The van der Waals surface area contributed by atoms with Gasteiger partial charge >= 0.3 is 0 Å². The Hall–Kier alpha value is -0.930. The molecule has 2 atom stereocenters. The van der Waals surface area contributed by atoms with Crippen LogP contribution in [0.25, 0.3) is 0 Å². The SMILES string of the molecule is OC1CCCC1NCCc1ccccc1F. The van der Waals surface area contributed by atoms with Gasteiger partial charge in [0.1, 0.15) is 5.82 Å². The number of hydrogen-bond donors (Lipinski definition) is 2. The molecule has 1 saturated carbocycles. The van der Waals surface area contributed by atoms with Gasteiger partial charge in [0.15, 0.2) is 0 Å². The summed E-state index contributed by atoms with van der Waals surface area (Å²) >= 11 is 0. The number of nitrogens with one attached hydrogen (secondary N) is 1. The van der Waals surface area contributed by atoms with Crippen molar-refractivity contribution in [2.75, 3.05) is 6.54 Å². The van der Waals surface area contributed by atoms with E-state index in [1.165, 1.54) is 6.07 Å². The Bertz CT molecular complexity index is 342. The summed E-state index contributed by atoms with van der Waals surface area (Å²) < 4.78 is 13.3. The van der Waals surface area contributed by atoms with Gasteiger partial charge < -0.3 is 10.4 Å². The van der Waals surface area contributed by atoms with Gasteiger partial charge in [0.05, 0.1) is 6.10 Å². The third-order valence-electron chi connectivity index (χ3n) is 3.24. The fourth-order valence-electron chi connectivity index (χ4n) is 2.27. The van der Waals surface area contributed by atoms with Crippen LogP contribution < -0.4 is 5.32 Å². The summed E-state index contributed by atoms with van der Waals surface area (Å²) in [6, 6.07) is 7.05. The van der Waals surface area contributed by atoms with Crippen molar-refractivity contribution < 1.29 is 9.50 Å². The van der Waals surface area contributed by atoms with E-state index in [9.17, 15) is 9.50 Å². The van der Waals surface area contributed by atoms with E-state index in [1.807, 2.05) is 12.1 Å². The Balaban J connectivity index is 1.78. The standard InChI is InChI=1S/C13H18FNO/c14-11-5-2-1-4-10(11)8-9-15-12-6-3-7-13(12)16/h1-2,4-5,12-13,15-16H,3,6-9H2. The van der Waals surface area contributed by atoms with Gasteiger partial charge in [-0.3, -0.25) is 0 Å². The fourth-order valence-corrected chi connectivity index (χ4v) is 2.27. The van der Waals surface area contributed by atoms with Crippen LogP contribution >= 0.6 is 0 Å². The molecule has 0 heterocycles. The lowest BCUT2D eigenvalue weighted by Gasteiger charge is -2.16. The van der Waals surface area contributed by atoms with Crippen LogP contribution in [0.5, 0.6) is 0 Å². The number of aliphatic hydroxyl groups excluding tert-OH is 1. The first-order valence-corrected chi connectivity index (χ1v) is 5.92. The van der Waals surface area contributed by atoms with Gasteiger partial charge in [0, 0.05) is 6.04 Å². The molecule has 2 unspecified atom stereocenters. The van der Waals surface area contributed by atoms with Gasteiger partial charge in [-0.05, 0) is 43.9 Å². The second-order valence-electron chi connectivity index (χ2n) is 4.40. The van der Waals surface area contributed by atoms with E-state index in [0.717, 1.165) is 31.4 Å². The molecule has 0 radical (unpaired) electrons. The summed E-state index contributed by atoms with van der Waals surface area (Å²) in [7, 11) is 0. The molecule has 0 aliphatic heterocycles. The van der Waals surface area contributed by atoms with E-state index in [2.05, 4.69) is 5.32 Å². The number of halogens is 1. The monoisotopic (exact) mass is 223 g/mol. The second kappa shape index (κ2) is 5.41. The zero-order chi connectivity index (χ0) is 11.4. The predicted octanol–water partition coefficient (Wildman–Crippen LogP) is 1.87. The lowest BCUT2D eigenvalue weighted by Crippen LogP contribution is -2.36. The molecule has 0 spiro atoms. The Labute approximate surface area is 95.5 Å². The van der Waals surface area contributed by atoms with E-state index < -0.39 is 0 Å².